The third kappa shape index (κ3) is 4.97. The maximum Gasteiger partial charge on any atom is 0.00964 e. The summed E-state index contributed by atoms with van der Waals surface area (Å²) in [6, 6.07) is 0.954. The van der Waals surface area contributed by atoms with Crippen LogP contribution in [0.5, 0.6) is 0 Å². The molecule has 1 unspecified atom stereocenters. The summed E-state index contributed by atoms with van der Waals surface area (Å²) >= 11 is 0. The fraction of sp³-hybridized carbons (Fsp3) is 1.00. The van der Waals surface area contributed by atoms with Crippen molar-refractivity contribution in [2.45, 2.75) is 58.4 Å². The summed E-state index contributed by atoms with van der Waals surface area (Å²) in [6.45, 7) is 9.91. The molecule has 1 atom stereocenters. The lowest BCUT2D eigenvalue weighted by molar-refractivity contribution is 0.238. The van der Waals surface area contributed by atoms with Crippen LogP contribution in [-0.2, 0) is 0 Å². The molecule has 2 fully saturated rings. The molecule has 1 heterocycles. The van der Waals surface area contributed by atoms with Gasteiger partial charge in [0.05, 0.1) is 0 Å². The Labute approximate surface area is 107 Å². The van der Waals surface area contributed by atoms with Crippen LogP contribution >= 0.6 is 0 Å². The molecule has 1 saturated heterocycles. The molecular weight excluding hydrogens is 208 g/mol. The van der Waals surface area contributed by atoms with Gasteiger partial charge in [0.1, 0.15) is 0 Å². The molecule has 100 valence electrons. The Bertz CT molecular complexity index is 205. The van der Waals surface area contributed by atoms with E-state index < -0.39 is 0 Å². The highest BCUT2D eigenvalue weighted by molar-refractivity contribution is 4.84. The van der Waals surface area contributed by atoms with E-state index in [1.165, 1.54) is 64.7 Å². The Morgan fingerprint density at radius 1 is 1.18 bits per heavy atom. The van der Waals surface area contributed by atoms with Crippen LogP contribution < -0.4 is 5.32 Å². The predicted molar refractivity (Wildman–Crippen MR) is 74.3 cm³/mol. The third-order valence-electron chi connectivity index (χ3n) is 4.28. The highest BCUT2D eigenvalue weighted by atomic mass is 15.2. The summed E-state index contributed by atoms with van der Waals surface area (Å²) in [5.41, 5.74) is 0. The van der Waals surface area contributed by atoms with Gasteiger partial charge in [0.2, 0.25) is 0 Å². The van der Waals surface area contributed by atoms with Gasteiger partial charge in [-0.05, 0) is 76.5 Å². The van der Waals surface area contributed by atoms with Crippen LogP contribution in [0.15, 0.2) is 0 Å². The van der Waals surface area contributed by atoms with Gasteiger partial charge in [-0.15, -0.1) is 0 Å². The highest BCUT2D eigenvalue weighted by Crippen LogP contribution is 2.28. The smallest absolute Gasteiger partial charge is 0.00964 e. The molecule has 0 radical (unpaired) electrons. The minimum atomic E-state index is 0.857. The van der Waals surface area contributed by atoms with Crippen molar-refractivity contribution in [3.05, 3.63) is 0 Å². The van der Waals surface area contributed by atoms with Gasteiger partial charge in [-0.1, -0.05) is 13.8 Å². The van der Waals surface area contributed by atoms with Gasteiger partial charge in [-0.2, -0.15) is 0 Å². The van der Waals surface area contributed by atoms with Gasteiger partial charge in [0, 0.05) is 6.04 Å². The van der Waals surface area contributed by atoms with E-state index in [1.54, 1.807) is 0 Å². The van der Waals surface area contributed by atoms with Gasteiger partial charge in [0.25, 0.3) is 0 Å². The molecule has 0 aromatic heterocycles. The lowest BCUT2D eigenvalue weighted by atomic mass is 10.0. The SMILES string of the molecule is CC(C)CCN(CCCC1CCNC1)C1CC1. The van der Waals surface area contributed by atoms with E-state index in [-0.39, 0.29) is 0 Å². The Hall–Kier alpha value is -0.0800. The van der Waals surface area contributed by atoms with Crippen molar-refractivity contribution in [1.29, 1.82) is 0 Å². The molecular formula is C15H30N2. The first-order valence-corrected chi connectivity index (χ1v) is 7.70. The first kappa shape index (κ1) is 13.4. The second-order valence-corrected chi connectivity index (χ2v) is 6.45. The molecule has 2 nitrogen and oxygen atoms in total. The minimum Gasteiger partial charge on any atom is -0.316 e. The fourth-order valence-corrected chi connectivity index (χ4v) is 2.88. The Kier molecular flexibility index (Phi) is 5.30. The van der Waals surface area contributed by atoms with E-state index >= 15 is 0 Å². The molecule has 1 aliphatic heterocycles. The fourth-order valence-electron chi connectivity index (χ4n) is 2.88. The molecule has 0 spiro atoms. The summed E-state index contributed by atoms with van der Waals surface area (Å²) < 4.78 is 0. The zero-order valence-electron chi connectivity index (χ0n) is 11.8. The number of rotatable bonds is 8. The largest absolute Gasteiger partial charge is 0.316 e. The average Bonchev–Trinajstić information content (AvgIpc) is 3.00. The summed E-state index contributed by atoms with van der Waals surface area (Å²) in [7, 11) is 0. The first-order chi connectivity index (χ1) is 8.25. The highest BCUT2D eigenvalue weighted by Gasteiger charge is 2.28. The average molecular weight is 238 g/mol. The van der Waals surface area contributed by atoms with E-state index in [0.29, 0.717) is 0 Å². The molecule has 0 amide bonds. The van der Waals surface area contributed by atoms with Gasteiger partial charge in [0.15, 0.2) is 0 Å². The molecule has 2 aliphatic rings. The van der Waals surface area contributed by atoms with E-state index in [4.69, 9.17) is 0 Å². The zero-order chi connectivity index (χ0) is 12.1. The second-order valence-electron chi connectivity index (χ2n) is 6.45. The number of nitrogens with zero attached hydrogens (tertiary/aromatic N) is 1. The maximum absolute atomic E-state index is 3.47. The quantitative estimate of drug-likeness (QED) is 0.699. The van der Waals surface area contributed by atoms with Crippen molar-refractivity contribution in [2.24, 2.45) is 11.8 Å². The van der Waals surface area contributed by atoms with Gasteiger partial charge in [-0.25, -0.2) is 0 Å². The van der Waals surface area contributed by atoms with Crippen LogP contribution in [0.4, 0.5) is 0 Å². The molecule has 0 bridgehead atoms. The van der Waals surface area contributed by atoms with E-state index in [2.05, 4.69) is 24.1 Å². The Morgan fingerprint density at radius 2 is 2.00 bits per heavy atom. The van der Waals surface area contributed by atoms with Gasteiger partial charge >= 0.3 is 0 Å². The molecule has 1 N–H and O–H groups in total. The number of hydrogen-bond donors (Lipinski definition) is 1. The molecule has 17 heavy (non-hydrogen) atoms. The zero-order valence-corrected chi connectivity index (χ0v) is 11.8. The predicted octanol–water partition coefficient (Wildman–Crippen LogP) is 2.89. The van der Waals surface area contributed by atoms with Crippen LogP contribution in [0.1, 0.15) is 52.4 Å². The van der Waals surface area contributed by atoms with E-state index in [9.17, 15) is 0 Å². The van der Waals surface area contributed by atoms with Crippen LogP contribution in [-0.4, -0.2) is 37.1 Å². The second kappa shape index (κ2) is 6.75. The molecule has 0 aromatic carbocycles. The lowest BCUT2D eigenvalue weighted by Crippen LogP contribution is -2.29. The van der Waals surface area contributed by atoms with Crippen LogP contribution in [0.2, 0.25) is 0 Å². The van der Waals surface area contributed by atoms with Crippen LogP contribution in [0.3, 0.4) is 0 Å². The lowest BCUT2D eigenvalue weighted by Gasteiger charge is -2.23. The molecule has 1 aliphatic carbocycles. The van der Waals surface area contributed by atoms with Gasteiger partial charge < -0.3 is 10.2 Å². The van der Waals surface area contributed by atoms with Crippen molar-refractivity contribution in [2.75, 3.05) is 26.2 Å². The van der Waals surface area contributed by atoms with Crippen molar-refractivity contribution in [3.8, 4) is 0 Å². The standard InChI is InChI=1S/C15H30N2/c1-13(2)8-11-17(15-5-6-15)10-3-4-14-7-9-16-12-14/h13-16H,3-12H2,1-2H3. The summed E-state index contributed by atoms with van der Waals surface area (Å²) in [5, 5.41) is 3.47. The first-order valence-electron chi connectivity index (χ1n) is 7.70. The summed E-state index contributed by atoms with van der Waals surface area (Å²) in [4.78, 5) is 2.77. The van der Waals surface area contributed by atoms with E-state index in [0.717, 1.165) is 17.9 Å². The Morgan fingerprint density at radius 3 is 2.59 bits per heavy atom. The molecule has 2 heteroatoms. The number of nitrogens with one attached hydrogen (secondary N) is 1. The maximum atomic E-state index is 3.47. The topological polar surface area (TPSA) is 15.3 Å². The third-order valence-corrected chi connectivity index (χ3v) is 4.28. The van der Waals surface area contributed by atoms with Crippen molar-refractivity contribution >= 4 is 0 Å². The van der Waals surface area contributed by atoms with Crippen LogP contribution in [0, 0.1) is 11.8 Å². The van der Waals surface area contributed by atoms with Crippen molar-refractivity contribution < 1.29 is 0 Å². The number of hydrogen-bond acceptors (Lipinski definition) is 2. The Balaban J connectivity index is 1.59. The minimum absolute atomic E-state index is 0.857. The monoisotopic (exact) mass is 238 g/mol. The van der Waals surface area contributed by atoms with Crippen molar-refractivity contribution in [1.82, 2.24) is 10.2 Å². The molecule has 0 aromatic rings. The molecule has 2 rings (SSSR count). The van der Waals surface area contributed by atoms with E-state index in [1.807, 2.05) is 0 Å². The van der Waals surface area contributed by atoms with Crippen molar-refractivity contribution in [3.63, 3.8) is 0 Å². The normalized spacial score (nSPS) is 25.1. The summed E-state index contributed by atoms with van der Waals surface area (Å²) in [6.07, 6.45) is 8.57. The molecule has 1 saturated carbocycles. The van der Waals surface area contributed by atoms with Crippen LogP contribution in [0.25, 0.3) is 0 Å². The van der Waals surface area contributed by atoms with Gasteiger partial charge in [-0.3, -0.25) is 0 Å². The summed E-state index contributed by atoms with van der Waals surface area (Å²) in [5.74, 6) is 1.83.